The summed E-state index contributed by atoms with van der Waals surface area (Å²) in [6.45, 7) is 11.0. The van der Waals surface area contributed by atoms with Crippen molar-refractivity contribution in [2.45, 2.75) is 58.8 Å². The topological polar surface area (TPSA) is 41.6 Å². The van der Waals surface area contributed by atoms with Gasteiger partial charge in [0.1, 0.15) is 0 Å². The van der Waals surface area contributed by atoms with Crippen LogP contribution in [-0.2, 0) is 5.41 Å². The first-order chi connectivity index (χ1) is 6.46. The number of hydrogen-bond donors (Lipinski definition) is 1. The van der Waals surface area contributed by atoms with Crippen LogP contribution in [0.25, 0.3) is 0 Å². The fourth-order valence-electron chi connectivity index (χ4n) is 1.71. The van der Waals surface area contributed by atoms with E-state index in [2.05, 4.69) is 50.0 Å². The molecule has 1 unspecified atom stereocenters. The van der Waals surface area contributed by atoms with Gasteiger partial charge in [-0.2, -0.15) is 0 Å². The quantitative estimate of drug-likeness (QED) is 0.805. The van der Waals surface area contributed by atoms with E-state index in [0.29, 0.717) is 5.92 Å². The van der Waals surface area contributed by atoms with Crippen molar-refractivity contribution in [3.63, 3.8) is 0 Å². The highest BCUT2D eigenvalue weighted by atomic mass is 15.3. The van der Waals surface area contributed by atoms with Crippen LogP contribution in [0.3, 0.4) is 0 Å². The van der Waals surface area contributed by atoms with Gasteiger partial charge < -0.3 is 0 Å². The van der Waals surface area contributed by atoms with Crippen LogP contribution in [0.5, 0.6) is 0 Å². The average molecular weight is 195 g/mol. The summed E-state index contributed by atoms with van der Waals surface area (Å²) in [5.74, 6) is 0.532. The molecule has 1 heterocycles. The Labute approximate surface area is 86.3 Å². The summed E-state index contributed by atoms with van der Waals surface area (Å²) in [4.78, 5) is 0. The second-order valence-electron chi connectivity index (χ2n) is 5.01. The average Bonchev–Trinajstić information content (AvgIpc) is 2.50. The van der Waals surface area contributed by atoms with E-state index < -0.39 is 0 Å². The van der Waals surface area contributed by atoms with Gasteiger partial charge in [-0.25, -0.2) is 0 Å². The lowest BCUT2D eigenvalue weighted by molar-refractivity contribution is 0.544. The zero-order chi connectivity index (χ0) is 10.8. The maximum absolute atomic E-state index is 4.19. The van der Waals surface area contributed by atoms with Crippen molar-refractivity contribution in [1.29, 1.82) is 0 Å². The molecule has 3 nitrogen and oxygen atoms in total. The molecule has 0 aliphatic carbocycles. The van der Waals surface area contributed by atoms with E-state index in [4.69, 9.17) is 0 Å². The number of hydrogen-bond acceptors (Lipinski definition) is 2. The molecule has 0 radical (unpaired) electrons. The van der Waals surface area contributed by atoms with Gasteiger partial charge in [-0.15, -0.1) is 5.10 Å². The zero-order valence-electron chi connectivity index (χ0n) is 9.89. The van der Waals surface area contributed by atoms with E-state index >= 15 is 0 Å². The Morgan fingerprint density at radius 1 is 1.36 bits per heavy atom. The molecule has 0 saturated heterocycles. The third-order valence-electron chi connectivity index (χ3n) is 2.50. The van der Waals surface area contributed by atoms with Crippen molar-refractivity contribution in [3.8, 4) is 0 Å². The van der Waals surface area contributed by atoms with Crippen molar-refractivity contribution in [2.24, 2.45) is 0 Å². The fraction of sp³-hybridized carbons (Fsp3) is 0.818. The number of H-pyrrole nitrogens is 1. The summed E-state index contributed by atoms with van der Waals surface area (Å²) >= 11 is 0. The fourth-order valence-corrected chi connectivity index (χ4v) is 1.71. The molecule has 0 fully saturated rings. The summed E-state index contributed by atoms with van der Waals surface area (Å²) < 4.78 is 0. The second-order valence-corrected chi connectivity index (χ2v) is 5.01. The molecule has 1 aromatic rings. The van der Waals surface area contributed by atoms with Gasteiger partial charge in [0.15, 0.2) is 0 Å². The minimum absolute atomic E-state index is 0.0876. The van der Waals surface area contributed by atoms with E-state index in [0.717, 1.165) is 5.69 Å². The highest BCUT2D eigenvalue weighted by Gasteiger charge is 2.24. The van der Waals surface area contributed by atoms with Crippen molar-refractivity contribution in [1.82, 2.24) is 15.4 Å². The standard InChI is InChI=1S/C11H21N3/c1-6-7-8(2)9-10(11(3,4)5)13-14-12-9/h8H,6-7H2,1-5H3,(H,12,13,14). The molecule has 0 aliphatic rings. The van der Waals surface area contributed by atoms with Crippen LogP contribution >= 0.6 is 0 Å². The molecule has 1 aromatic heterocycles. The highest BCUT2D eigenvalue weighted by Crippen LogP contribution is 2.28. The van der Waals surface area contributed by atoms with E-state index in [-0.39, 0.29) is 5.41 Å². The van der Waals surface area contributed by atoms with Crippen LogP contribution < -0.4 is 0 Å². The molecule has 0 aliphatic heterocycles. The predicted molar refractivity (Wildman–Crippen MR) is 58.4 cm³/mol. The zero-order valence-corrected chi connectivity index (χ0v) is 9.89. The molecule has 1 N–H and O–H groups in total. The predicted octanol–water partition coefficient (Wildman–Crippen LogP) is 3.01. The van der Waals surface area contributed by atoms with Gasteiger partial charge in [-0.1, -0.05) is 46.3 Å². The van der Waals surface area contributed by atoms with E-state index in [9.17, 15) is 0 Å². The maximum Gasteiger partial charge on any atom is 0.0912 e. The first-order valence-electron chi connectivity index (χ1n) is 5.38. The van der Waals surface area contributed by atoms with E-state index in [1.807, 2.05) is 0 Å². The molecule has 0 spiro atoms. The van der Waals surface area contributed by atoms with Crippen LogP contribution in [0.15, 0.2) is 0 Å². The second kappa shape index (κ2) is 4.11. The van der Waals surface area contributed by atoms with Gasteiger partial charge in [0.2, 0.25) is 0 Å². The van der Waals surface area contributed by atoms with Crippen molar-refractivity contribution in [3.05, 3.63) is 11.4 Å². The molecule has 1 rings (SSSR count). The molecule has 0 bridgehead atoms. The van der Waals surface area contributed by atoms with Gasteiger partial charge in [0, 0.05) is 5.41 Å². The SMILES string of the molecule is CCCC(C)c1[nH]nnc1C(C)(C)C. The molecule has 0 aromatic carbocycles. The van der Waals surface area contributed by atoms with Gasteiger partial charge >= 0.3 is 0 Å². The Morgan fingerprint density at radius 3 is 2.50 bits per heavy atom. The summed E-state index contributed by atoms with van der Waals surface area (Å²) in [5.41, 5.74) is 2.41. The summed E-state index contributed by atoms with van der Waals surface area (Å²) in [6.07, 6.45) is 2.39. The van der Waals surface area contributed by atoms with Crippen molar-refractivity contribution in [2.75, 3.05) is 0 Å². The summed E-state index contributed by atoms with van der Waals surface area (Å²) in [5, 5.41) is 11.1. The number of nitrogens with zero attached hydrogens (tertiary/aromatic N) is 2. The van der Waals surface area contributed by atoms with E-state index in [1.165, 1.54) is 18.5 Å². The highest BCUT2D eigenvalue weighted by molar-refractivity contribution is 5.20. The maximum atomic E-state index is 4.19. The van der Waals surface area contributed by atoms with Crippen LogP contribution in [0.4, 0.5) is 0 Å². The lowest BCUT2D eigenvalue weighted by atomic mass is 9.87. The largest absolute Gasteiger partial charge is 0.262 e. The van der Waals surface area contributed by atoms with Gasteiger partial charge in [0.05, 0.1) is 11.4 Å². The third-order valence-corrected chi connectivity index (χ3v) is 2.50. The van der Waals surface area contributed by atoms with Crippen molar-refractivity contribution >= 4 is 0 Å². The third kappa shape index (κ3) is 2.34. The number of nitrogens with one attached hydrogen (secondary N) is 1. The Kier molecular flexibility index (Phi) is 3.29. The number of rotatable bonds is 3. The smallest absolute Gasteiger partial charge is 0.0912 e. The molecule has 0 saturated carbocycles. The number of aromatic amines is 1. The van der Waals surface area contributed by atoms with Gasteiger partial charge in [-0.05, 0) is 12.3 Å². The Balaban J connectivity index is 2.93. The van der Waals surface area contributed by atoms with Crippen LogP contribution in [0.1, 0.15) is 64.8 Å². The minimum atomic E-state index is 0.0876. The lowest BCUT2D eigenvalue weighted by Crippen LogP contribution is -2.15. The van der Waals surface area contributed by atoms with E-state index in [1.54, 1.807) is 0 Å². The lowest BCUT2D eigenvalue weighted by Gasteiger charge is -2.19. The summed E-state index contributed by atoms with van der Waals surface area (Å²) in [7, 11) is 0. The molecular formula is C11H21N3. The van der Waals surface area contributed by atoms with Crippen LogP contribution in [-0.4, -0.2) is 15.4 Å². The van der Waals surface area contributed by atoms with Crippen LogP contribution in [0.2, 0.25) is 0 Å². The first-order valence-corrected chi connectivity index (χ1v) is 5.38. The normalized spacial score (nSPS) is 14.4. The number of aromatic nitrogens is 3. The first kappa shape index (κ1) is 11.2. The molecule has 1 atom stereocenters. The molecule has 14 heavy (non-hydrogen) atoms. The van der Waals surface area contributed by atoms with Crippen molar-refractivity contribution < 1.29 is 0 Å². The Hall–Kier alpha value is -0.860. The molecule has 0 amide bonds. The van der Waals surface area contributed by atoms with Gasteiger partial charge in [0.25, 0.3) is 0 Å². The Morgan fingerprint density at radius 2 is 2.00 bits per heavy atom. The van der Waals surface area contributed by atoms with Gasteiger partial charge in [-0.3, -0.25) is 5.10 Å². The molecular weight excluding hydrogens is 174 g/mol. The minimum Gasteiger partial charge on any atom is -0.262 e. The van der Waals surface area contributed by atoms with Crippen LogP contribution in [0, 0.1) is 0 Å². The monoisotopic (exact) mass is 195 g/mol. The summed E-state index contributed by atoms with van der Waals surface area (Å²) in [6, 6.07) is 0. The molecule has 3 heteroatoms. The Bertz CT molecular complexity index is 283. The molecule has 80 valence electrons.